The van der Waals surface area contributed by atoms with Crippen LogP contribution in [0, 0.1) is 5.92 Å². The van der Waals surface area contributed by atoms with E-state index in [9.17, 15) is 13.5 Å². The monoisotopic (exact) mass is 381 g/mol. The van der Waals surface area contributed by atoms with Crippen molar-refractivity contribution < 1.29 is 13.5 Å². The van der Waals surface area contributed by atoms with Gasteiger partial charge >= 0.3 is 0 Å². The maximum absolute atomic E-state index is 12.3. The minimum atomic E-state index is -3.61. The first kappa shape index (κ1) is 17.8. The predicted octanol–water partition coefficient (Wildman–Crippen LogP) is 3.14. The quantitative estimate of drug-likeness (QED) is 0.679. The lowest BCUT2D eigenvalue weighted by Gasteiger charge is -2.28. The molecule has 1 rings (SSSR count). The molecule has 0 spiro atoms. The minimum Gasteiger partial charge on any atom is -0.391 e. The number of hydrogen-bond donors (Lipinski definition) is 2. The van der Waals surface area contributed by atoms with E-state index in [0.717, 1.165) is 21.5 Å². The van der Waals surface area contributed by atoms with Crippen molar-refractivity contribution in [2.75, 3.05) is 0 Å². The molecule has 0 aliphatic carbocycles. The average Bonchev–Trinajstić information content (AvgIpc) is 2.83. The summed E-state index contributed by atoms with van der Waals surface area (Å²) in [7, 11) is -3.61. The van der Waals surface area contributed by atoms with Gasteiger partial charge in [0.05, 0.1) is 15.9 Å². The fourth-order valence-electron chi connectivity index (χ4n) is 1.82. The molecule has 20 heavy (non-hydrogen) atoms. The summed E-state index contributed by atoms with van der Waals surface area (Å²) in [6.45, 7) is 7.47. The van der Waals surface area contributed by atoms with E-state index in [4.69, 9.17) is 0 Å². The summed E-state index contributed by atoms with van der Waals surface area (Å²) in [6, 6.07) is 2.71. The Morgan fingerprint density at radius 2 is 2.20 bits per heavy atom. The summed E-state index contributed by atoms with van der Waals surface area (Å²) in [5.74, 6) is 0.0307. The summed E-state index contributed by atoms with van der Waals surface area (Å²) in [5, 5.41) is 10.1. The van der Waals surface area contributed by atoms with Gasteiger partial charge in [-0.3, -0.25) is 0 Å². The number of rotatable bonds is 8. The molecule has 0 aromatic carbocycles. The molecule has 0 aliphatic heterocycles. The highest BCUT2D eigenvalue weighted by Gasteiger charge is 2.29. The third kappa shape index (κ3) is 4.66. The van der Waals surface area contributed by atoms with Crippen LogP contribution < -0.4 is 4.72 Å². The van der Waals surface area contributed by atoms with Crippen LogP contribution in [-0.2, 0) is 10.0 Å². The molecule has 0 saturated heterocycles. The number of hydrogen-bond acceptors (Lipinski definition) is 4. The Morgan fingerprint density at radius 3 is 2.65 bits per heavy atom. The van der Waals surface area contributed by atoms with Crippen LogP contribution in [0.4, 0.5) is 0 Å². The minimum absolute atomic E-state index is 0.0307. The molecular formula is C13H20BrNO3S2. The molecule has 0 radical (unpaired) electrons. The Bertz CT molecular complexity index is 542. The van der Waals surface area contributed by atoms with E-state index in [1.54, 1.807) is 18.2 Å². The topological polar surface area (TPSA) is 66.4 Å². The highest BCUT2D eigenvalue weighted by atomic mass is 79.9. The molecule has 7 heteroatoms. The van der Waals surface area contributed by atoms with Gasteiger partial charge in [0, 0.05) is 0 Å². The van der Waals surface area contributed by atoms with Crippen molar-refractivity contribution >= 4 is 37.3 Å². The highest BCUT2D eigenvalue weighted by Crippen LogP contribution is 2.27. The molecule has 0 saturated carbocycles. The second-order valence-corrected chi connectivity index (χ2v) is 9.09. The first-order valence-electron chi connectivity index (χ1n) is 6.38. The Kier molecular flexibility index (Phi) is 6.87. The Hall–Kier alpha value is -0.210. The molecule has 0 aliphatic rings. The maximum atomic E-state index is 12.3. The van der Waals surface area contributed by atoms with E-state index in [0.29, 0.717) is 6.42 Å². The number of aliphatic hydroxyl groups is 1. The third-order valence-electron chi connectivity index (χ3n) is 3.18. The van der Waals surface area contributed by atoms with Crippen LogP contribution in [0.15, 0.2) is 32.8 Å². The van der Waals surface area contributed by atoms with Crippen LogP contribution in [0.1, 0.15) is 26.7 Å². The molecule has 0 bridgehead atoms. The van der Waals surface area contributed by atoms with Crippen molar-refractivity contribution in [2.24, 2.45) is 5.92 Å². The number of nitrogens with one attached hydrogen (secondary N) is 1. The van der Waals surface area contributed by atoms with E-state index >= 15 is 0 Å². The Labute approximate surface area is 133 Å². The van der Waals surface area contributed by atoms with Crippen LogP contribution >= 0.6 is 27.3 Å². The first-order chi connectivity index (χ1) is 9.31. The fourth-order valence-corrected chi connectivity index (χ4v) is 5.23. The number of aliphatic hydroxyl groups excluding tert-OH is 1. The molecule has 114 valence electrons. The Balaban J connectivity index is 2.96. The van der Waals surface area contributed by atoms with E-state index < -0.39 is 22.2 Å². The van der Waals surface area contributed by atoms with E-state index in [-0.39, 0.29) is 10.1 Å². The molecule has 1 heterocycles. The molecule has 1 aromatic heterocycles. The predicted molar refractivity (Wildman–Crippen MR) is 86.4 cm³/mol. The maximum Gasteiger partial charge on any atom is 0.250 e. The summed E-state index contributed by atoms with van der Waals surface area (Å²) in [5.41, 5.74) is 0. The zero-order valence-electron chi connectivity index (χ0n) is 11.5. The molecular weight excluding hydrogens is 362 g/mol. The molecule has 0 amide bonds. The van der Waals surface area contributed by atoms with Gasteiger partial charge in [-0.05, 0) is 40.4 Å². The molecule has 3 atom stereocenters. The van der Waals surface area contributed by atoms with Gasteiger partial charge in [0.2, 0.25) is 10.0 Å². The third-order valence-corrected chi connectivity index (χ3v) is 6.76. The van der Waals surface area contributed by atoms with Gasteiger partial charge < -0.3 is 5.11 Å². The Morgan fingerprint density at radius 1 is 1.55 bits per heavy atom. The lowest BCUT2D eigenvalue weighted by Crippen LogP contribution is -2.46. The van der Waals surface area contributed by atoms with Crippen LogP contribution in [0.25, 0.3) is 0 Å². The molecule has 2 unspecified atom stereocenters. The van der Waals surface area contributed by atoms with E-state index in [1.807, 2.05) is 13.8 Å². The van der Waals surface area contributed by atoms with Crippen LogP contribution in [-0.4, -0.2) is 25.7 Å². The van der Waals surface area contributed by atoms with Crippen LogP contribution in [0.5, 0.6) is 0 Å². The van der Waals surface area contributed by atoms with Gasteiger partial charge in [-0.15, -0.1) is 17.9 Å². The number of sulfonamides is 1. The summed E-state index contributed by atoms with van der Waals surface area (Å²) in [4.78, 5) is 0. The smallest absolute Gasteiger partial charge is 0.250 e. The van der Waals surface area contributed by atoms with Crippen molar-refractivity contribution in [2.45, 2.75) is 43.0 Å². The van der Waals surface area contributed by atoms with Gasteiger partial charge in [0.25, 0.3) is 0 Å². The van der Waals surface area contributed by atoms with Crippen molar-refractivity contribution in [3.05, 3.63) is 28.6 Å². The normalized spacial score (nSPS) is 16.6. The standard InChI is InChI=1S/C13H20BrNO3S2/c1-4-6-10(16)13(9(3)5-2)15-20(17,18)12-8-7-11(14)19-12/h4,7-10,13,15-16H,1,5-6H2,2-3H3/t9-,10?,13?/m0/s1. The average molecular weight is 382 g/mol. The summed E-state index contributed by atoms with van der Waals surface area (Å²) < 4.78 is 28.3. The fraction of sp³-hybridized carbons (Fsp3) is 0.538. The van der Waals surface area contributed by atoms with Gasteiger partial charge in [0.15, 0.2) is 0 Å². The van der Waals surface area contributed by atoms with E-state index in [1.165, 1.54) is 0 Å². The molecule has 2 N–H and O–H groups in total. The summed E-state index contributed by atoms with van der Waals surface area (Å²) >= 11 is 4.40. The molecule has 4 nitrogen and oxygen atoms in total. The van der Waals surface area contributed by atoms with Gasteiger partial charge in [0.1, 0.15) is 4.21 Å². The van der Waals surface area contributed by atoms with Gasteiger partial charge in [-0.2, -0.15) is 0 Å². The van der Waals surface area contributed by atoms with Crippen molar-refractivity contribution in [3.63, 3.8) is 0 Å². The zero-order valence-corrected chi connectivity index (χ0v) is 14.8. The zero-order chi connectivity index (χ0) is 15.3. The first-order valence-corrected chi connectivity index (χ1v) is 9.47. The highest BCUT2D eigenvalue weighted by molar-refractivity contribution is 9.11. The van der Waals surface area contributed by atoms with Crippen molar-refractivity contribution in [3.8, 4) is 0 Å². The lowest BCUT2D eigenvalue weighted by molar-refractivity contribution is 0.114. The second kappa shape index (κ2) is 7.70. The van der Waals surface area contributed by atoms with Gasteiger partial charge in [-0.1, -0.05) is 26.3 Å². The summed E-state index contributed by atoms with van der Waals surface area (Å²) in [6.07, 6.45) is 1.94. The lowest BCUT2D eigenvalue weighted by atomic mass is 9.94. The molecule has 0 fully saturated rings. The molecule has 1 aromatic rings. The number of halogens is 1. The SMILES string of the molecule is C=CCC(O)C(NS(=O)(=O)c1ccc(Br)s1)[C@@H](C)CC. The largest absolute Gasteiger partial charge is 0.391 e. The van der Waals surface area contributed by atoms with E-state index in [2.05, 4.69) is 27.2 Å². The second-order valence-electron chi connectivity index (χ2n) is 4.68. The van der Waals surface area contributed by atoms with Crippen LogP contribution in [0.2, 0.25) is 0 Å². The number of thiophene rings is 1. The van der Waals surface area contributed by atoms with Crippen LogP contribution in [0.3, 0.4) is 0 Å². The van der Waals surface area contributed by atoms with Crippen molar-refractivity contribution in [1.29, 1.82) is 0 Å². The van der Waals surface area contributed by atoms with Gasteiger partial charge in [-0.25, -0.2) is 13.1 Å². The van der Waals surface area contributed by atoms with Crippen molar-refractivity contribution in [1.82, 2.24) is 4.72 Å².